The summed E-state index contributed by atoms with van der Waals surface area (Å²) in [5, 5.41) is 3.08. The molecule has 1 heterocycles. The van der Waals surface area contributed by atoms with Crippen LogP contribution in [0.15, 0.2) is 48.5 Å². The Bertz CT molecular complexity index is 779. The van der Waals surface area contributed by atoms with E-state index in [-0.39, 0.29) is 11.9 Å². The molecule has 1 amide bonds. The monoisotopic (exact) mass is 382 g/mol. The Morgan fingerprint density at radius 1 is 1.14 bits per heavy atom. The number of hydrogen-bond donors (Lipinski definition) is 1. The zero-order valence-electron chi connectivity index (χ0n) is 17.0. The fourth-order valence-electron chi connectivity index (χ4n) is 3.82. The second-order valence-electron chi connectivity index (χ2n) is 7.30. The van der Waals surface area contributed by atoms with Crippen LogP contribution in [0.5, 0.6) is 11.5 Å². The van der Waals surface area contributed by atoms with Crippen molar-refractivity contribution in [2.24, 2.45) is 0 Å². The van der Waals surface area contributed by atoms with E-state index in [1.165, 1.54) is 5.56 Å². The predicted octanol–water partition coefficient (Wildman–Crippen LogP) is 3.24. The Morgan fingerprint density at radius 3 is 2.61 bits per heavy atom. The van der Waals surface area contributed by atoms with E-state index in [1.807, 2.05) is 31.2 Å². The minimum absolute atomic E-state index is 0.0918. The highest BCUT2D eigenvalue weighted by Crippen LogP contribution is 2.29. The van der Waals surface area contributed by atoms with Crippen LogP contribution in [0.25, 0.3) is 0 Å². The summed E-state index contributed by atoms with van der Waals surface area (Å²) < 4.78 is 10.6. The number of hydrogen-bond acceptors (Lipinski definition) is 4. The van der Waals surface area contributed by atoms with E-state index in [4.69, 9.17) is 9.47 Å². The van der Waals surface area contributed by atoms with Crippen LogP contribution >= 0.6 is 0 Å². The summed E-state index contributed by atoms with van der Waals surface area (Å²) in [6.07, 6.45) is 1.86. The standard InChI is InChI=1S/C23H30N2O3/c1-17(25-14-12-20(16-25)19-7-5-4-6-8-19)23(26)24-13-11-18-9-10-21(27-2)22(15-18)28-3/h4-10,15,17,20H,11-14,16H2,1-3H3,(H,24,26). The van der Waals surface area contributed by atoms with Gasteiger partial charge in [0.1, 0.15) is 0 Å². The fraction of sp³-hybridized carbons (Fsp3) is 0.435. The summed E-state index contributed by atoms with van der Waals surface area (Å²) in [7, 11) is 3.25. The van der Waals surface area contributed by atoms with Crippen molar-refractivity contribution in [2.45, 2.75) is 31.7 Å². The van der Waals surface area contributed by atoms with Crippen molar-refractivity contribution in [1.82, 2.24) is 10.2 Å². The van der Waals surface area contributed by atoms with E-state index in [0.29, 0.717) is 24.0 Å². The number of carbonyl (C=O) groups is 1. The van der Waals surface area contributed by atoms with E-state index in [1.54, 1.807) is 14.2 Å². The van der Waals surface area contributed by atoms with Gasteiger partial charge in [-0.05, 0) is 55.5 Å². The smallest absolute Gasteiger partial charge is 0.237 e. The third-order valence-corrected chi connectivity index (χ3v) is 5.58. The molecule has 150 valence electrons. The SMILES string of the molecule is COc1ccc(CCNC(=O)C(C)N2CCC(c3ccccc3)C2)cc1OC. The van der Waals surface area contributed by atoms with Gasteiger partial charge in [-0.1, -0.05) is 36.4 Å². The molecule has 2 atom stereocenters. The second-order valence-corrected chi connectivity index (χ2v) is 7.30. The van der Waals surface area contributed by atoms with Crippen molar-refractivity contribution >= 4 is 5.91 Å². The fourth-order valence-corrected chi connectivity index (χ4v) is 3.82. The zero-order valence-corrected chi connectivity index (χ0v) is 17.0. The summed E-state index contributed by atoms with van der Waals surface area (Å²) in [6, 6.07) is 16.3. The lowest BCUT2D eigenvalue weighted by molar-refractivity contribution is -0.125. The van der Waals surface area contributed by atoms with Crippen molar-refractivity contribution in [2.75, 3.05) is 33.9 Å². The van der Waals surface area contributed by atoms with Gasteiger partial charge in [0.15, 0.2) is 11.5 Å². The predicted molar refractivity (Wildman–Crippen MR) is 111 cm³/mol. The Hall–Kier alpha value is -2.53. The van der Waals surface area contributed by atoms with E-state index in [0.717, 1.165) is 31.5 Å². The lowest BCUT2D eigenvalue weighted by Crippen LogP contribution is -2.44. The molecule has 0 saturated carbocycles. The van der Waals surface area contributed by atoms with Crippen molar-refractivity contribution < 1.29 is 14.3 Å². The quantitative estimate of drug-likeness (QED) is 0.762. The molecule has 2 aromatic carbocycles. The van der Waals surface area contributed by atoms with Crippen molar-refractivity contribution in [3.05, 3.63) is 59.7 Å². The topological polar surface area (TPSA) is 50.8 Å². The second kappa shape index (κ2) is 9.60. The first-order valence-corrected chi connectivity index (χ1v) is 9.90. The molecule has 2 unspecified atom stereocenters. The number of benzene rings is 2. The van der Waals surface area contributed by atoms with E-state index < -0.39 is 0 Å². The molecule has 5 nitrogen and oxygen atoms in total. The number of carbonyl (C=O) groups excluding carboxylic acids is 1. The van der Waals surface area contributed by atoms with Gasteiger partial charge in [-0.15, -0.1) is 0 Å². The van der Waals surface area contributed by atoms with Gasteiger partial charge in [-0.25, -0.2) is 0 Å². The Kier molecular flexibility index (Phi) is 6.93. The van der Waals surface area contributed by atoms with Crippen LogP contribution in [0.1, 0.15) is 30.4 Å². The molecule has 28 heavy (non-hydrogen) atoms. The molecule has 0 aliphatic carbocycles. The molecule has 0 spiro atoms. The molecule has 0 bridgehead atoms. The lowest BCUT2D eigenvalue weighted by Gasteiger charge is -2.23. The van der Waals surface area contributed by atoms with Crippen LogP contribution in [-0.4, -0.2) is 50.7 Å². The van der Waals surface area contributed by atoms with Gasteiger partial charge in [-0.2, -0.15) is 0 Å². The molecular weight excluding hydrogens is 352 g/mol. The number of rotatable bonds is 8. The molecule has 1 fully saturated rings. The zero-order chi connectivity index (χ0) is 19.9. The maximum Gasteiger partial charge on any atom is 0.237 e. The van der Waals surface area contributed by atoms with Gasteiger partial charge < -0.3 is 14.8 Å². The molecule has 1 aliphatic rings. The minimum Gasteiger partial charge on any atom is -0.493 e. The molecular formula is C23H30N2O3. The van der Waals surface area contributed by atoms with Gasteiger partial charge >= 0.3 is 0 Å². The lowest BCUT2D eigenvalue weighted by atomic mass is 9.99. The van der Waals surface area contributed by atoms with Crippen molar-refractivity contribution in [3.8, 4) is 11.5 Å². The number of methoxy groups -OCH3 is 2. The van der Waals surface area contributed by atoms with Gasteiger partial charge in [0.2, 0.25) is 5.91 Å². The Labute approximate surface area is 167 Å². The molecule has 3 rings (SSSR count). The molecule has 0 aromatic heterocycles. The molecule has 1 N–H and O–H groups in total. The van der Waals surface area contributed by atoms with Gasteiger partial charge in [0, 0.05) is 13.1 Å². The molecule has 1 aliphatic heterocycles. The average molecular weight is 383 g/mol. The van der Waals surface area contributed by atoms with Gasteiger partial charge in [0.25, 0.3) is 0 Å². The summed E-state index contributed by atoms with van der Waals surface area (Å²) >= 11 is 0. The van der Waals surface area contributed by atoms with Crippen LogP contribution in [0.4, 0.5) is 0 Å². The molecule has 0 radical (unpaired) electrons. The number of ether oxygens (including phenoxy) is 2. The maximum absolute atomic E-state index is 12.6. The average Bonchev–Trinajstić information content (AvgIpc) is 3.23. The number of likely N-dealkylation sites (tertiary alicyclic amines) is 1. The third-order valence-electron chi connectivity index (χ3n) is 5.58. The highest BCUT2D eigenvalue weighted by Gasteiger charge is 2.30. The van der Waals surface area contributed by atoms with E-state index in [9.17, 15) is 4.79 Å². The van der Waals surface area contributed by atoms with Gasteiger partial charge in [0.05, 0.1) is 20.3 Å². The number of nitrogens with one attached hydrogen (secondary N) is 1. The van der Waals surface area contributed by atoms with Crippen molar-refractivity contribution in [1.29, 1.82) is 0 Å². The molecule has 2 aromatic rings. The van der Waals surface area contributed by atoms with Crippen LogP contribution in [0, 0.1) is 0 Å². The summed E-state index contributed by atoms with van der Waals surface area (Å²) in [5.41, 5.74) is 2.47. The summed E-state index contributed by atoms with van der Waals surface area (Å²) in [5.74, 6) is 2.03. The third kappa shape index (κ3) is 4.84. The Morgan fingerprint density at radius 2 is 1.89 bits per heavy atom. The molecule has 5 heteroatoms. The first kappa shape index (κ1) is 20.2. The summed E-state index contributed by atoms with van der Waals surface area (Å²) in [6.45, 7) is 4.51. The number of nitrogens with zero attached hydrogens (tertiary/aromatic N) is 1. The van der Waals surface area contributed by atoms with E-state index in [2.05, 4.69) is 34.5 Å². The first-order chi connectivity index (χ1) is 13.6. The molecule has 1 saturated heterocycles. The Balaban J connectivity index is 1.47. The highest BCUT2D eigenvalue weighted by molar-refractivity contribution is 5.81. The number of amides is 1. The van der Waals surface area contributed by atoms with Crippen LogP contribution < -0.4 is 14.8 Å². The van der Waals surface area contributed by atoms with Crippen LogP contribution in [0.3, 0.4) is 0 Å². The van der Waals surface area contributed by atoms with Crippen LogP contribution in [0.2, 0.25) is 0 Å². The normalized spacial score (nSPS) is 17.9. The van der Waals surface area contributed by atoms with Crippen molar-refractivity contribution in [3.63, 3.8) is 0 Å². The van der Waals surface area contributed by atoms with E-state index >= 15 is 0 Å². The largest absolute Gasteiger partial charge is 0.493 e. The summed E-state index contributed by atoms with van der Waals surface area (Å²) in [4.78, 5) is 14.9. The highest BCUT2D eigenvalue weighted by atomic mass is 16.5. The first-order valence-electron chi connectivity index (χ1n) is 9.90. The van der Waals surface area contributed by atoms with Gasteiger partial charge in [-0.3, -0.25) is 9.69 Å². The maximum atomic E-state index is 12.6. The van der Waals surface area contributed by atoms with Crippen LogP contribution in [-0.2, 0) is 11.2 Å². The minimum atomic E-state index is -0.112.